The van der Waals surface area contributed by atoms with Crippen LogP contribution >= 0.6 is 34.7 Å². The molecule has 4 nitrogen and oxygen atoms in total. The van der Waals surface area contributed by atoms with Gasteiger partial charge in [-0.05, 0) is 56.2 Å². The van der Waals surface area contributed by atoms with Gasteiger partial charge in [-0.25, -0.2) is 4.98 Å². The van der Waals surface area contributed by atoms with Gasteiger partial charge in [0.2, 0.25) is 5.91 Å². The zero-order valence-corrected chi connectivity index (χ0v) is 17.9. The van der Waals surface area contributed by atoms with E-state index in [0.29, 0.717) is 11.4 Å². The molecule has 0 radical (unpaired) electrons. The van der Waals surface area contributed by atoms with Crippen molar-refractivity contribution in [1.82, 2.24) is 4.98 Å². The van der Waals surface area contributed by atoms with Crippen molar-refractivity contribution in [3.63, 3.8) is 0 Å². The van der Waals surface area contributed by atoms with Crippen LogP contribution in [0.4, 0.5) is 5.69 Å². The van der Waals surface area contributed by atoms with Crippen LogP contribution in [0.1, 0.15) is 24.8 Å². The average molecular weight is 430 g/mol. The number of aromatic nitrogens is 1. The number of amidine groups is 1. The second-order valence-corrected chi connectivity index (χ2v) is 9.24. The van der Waals surface area contributed by atoms with Gasteiger partial charge in [-0.15, -0.1) is 11.3 Å². The van der Waals surface area contributed by atoms with Crippen molar-refractivity contribution in [3.8, 4) is 0 Å². The van der Waals surface area contributed by atoms with Gasteiger partial charge in [0.1, 0.15) is 0 Å². The van der Waals surface area contributed by atoms with E-state index in [0.717, 1.165) is 40.0 Å². The molecule has 0 saturated carbocycles. The first kappa shape index (κ1) is 19.4. The molecule has 3 aromatic rings. The standard InChI is InChI=1S/C21H20ClN3OS2/c1-14-13-27-21(23-14)25(16-11-9-15(22)10-12-16)20(26)8-4-7-19-24-17-5-2-3-6-18(17)28-19/h2-3,5-6,9-12,14H,4,7-8,13H2,1H3/t14-/m0/s1. The molecule has 0 bridgehead atoms. The quantitative estimate of drug-likeness (QED) is 0.515. The number of nitrogens with zero attached hydrogens (tertiary/aromatic N) is 3. The highest BCUT2D eigenvalue weighted by Gasteiger charge is 2.26. The number of fused-ring (bicyclic) bond motifs is 1. The fourth-order valence-electron chi connectivity index (χ4n) is 3.06. The Kier molecular flexibility index (Phi) is 5.99. The van der Waals surface area contributed by atoms with E-state index in [2.05, 4.69) is 23.0 Å². The third-order valence-electron chi connectivity index (χ3n) is 4.43. The molecular formula is C21H20ClN3OS2. The number of amides is 1. The van der Waals surface area contributed by atoms with Crippen LogP contribution in [0.5, 0.6) is 0 Å². The predicted octanol–water partition coefficient (Wildman–Crippen LogP) is 5.80. The Hall–Kier alpha value is -1.89. The van der Waals surface area contributed by atoms with Gasteiger partial charge in [0.25, 0.3) is 0 Å². The summed E-state index contributed by atoms with van der Waals surface area (Å²) in [6.45, 7) is 2.07. The van der Waals surface area contributed by atoms with E-state index in [-0.39, 0.29) is 11.9 Å². The van der Waals surface area contributed by atoms with Gasteiger partial charge in [-0.1, -0.05) is 35.5 Å². The second-order valence-electron chi connectivity index (χ2n) is 6.71. The van der Waals surface area contributed by atoms with Gasteiger partial charge < -0.3 is 0 Å². The largest absolute Gasteiger partial charge is 0.274 e. The number of hydrogen-bond donors (Lipinski definition) is 0. The minimum Gasteiger partial charge on any atom is -0.274 e. The van der Waals surface area contributed by atoms with Crippen LogP contribution < -0.4 is 4.90 Å². The third kappa shape index (κ3) is 4.40. The molecule has 0 saturated heterocycles. The zero-order chi connectivity index (χ0) is 19.5. The summed E-state index contributed by atoms with van der Waals surface area (Å²) in [5.74, 6) is 0.960. The molecular weight excluding hydrogens is 410 g/mol. The normalized spacial score (nSPS) is 16.4. The van der Waals surface area contributed by atoms with E-state index in [4.69, 9.17) is 11.6 Å². The molecule has 1 amide bonds. The number of carbonyl (C=O) groups is 1. The van der Waals surface area contributed by atoms with Gasteiger partial charge in [-0.3, -0.25) is 14.7 Å². The summed E-state index contributed by atoms with van der Waals surface area (Å²) in [6, 6.07) is 15.7. The van der Waals surface area contributed by atoms with E-state index >= 15 is 0 Å². The molecule has 144 valence electrons. The number of benzene rings is 2. The van der Waals surface area contributed by atoms with Gasteiger partial charge in [0, 0.05) is 17.2 Å². The molecule has 7 heteroatoms. The Bertz CT molecular complexity index is 983. The summed E-state index contributed by atoms with van der Waals surface area (Å²) >= 11 is 9.35. The molecule has 1 aliphatic rings. The van der Waals surface area contributed by atoms with E-state index in [1.165, 1.54) is 4.70 Å². The Balaban J connectivity index is 1.46. The van der Waals surface area contributed by atoms with Crippen LogP contribution in [0, 0.1) is 0 Å². The number of anilines is 1. The zero-order valence-electron chi connectivity index (χ0n) is 15.5. The lowest BCUT2D eigenvalue weighted by atomic mass is 10.2. The number of thiazole rings is 1. The van der Waals surface area contributed by atoms with E-state index < -0.39 is 0 Å². The van der Waals surface area contributed by atoms with E-state index in [9.17, 15) is 4.79 Å². The Morgan fingerprint density at radius 3 is 2.71 bits per heavy atom. The predicted molar refractivity (Wildman–Crippen MR) is 121 cm³/mol. The highest BCUT2D eigenvalue weighted by atomic mass is 35.5. The lowest BCUT2D eigenvalue weighted by molar-refractivity contribution is -0.117. The molecule has 0 fully saturated rings. The van der Waals surface area contributed by atoms with Crippen molar-refractivity contribution >= 4 is 61.7 Å². The van der Waals surface area contributed by atoms with Gasteiger partial charge >= 0.3 is 0 Å². The van der Waals surface area contributed by atoms with Crippen molar-refractivity contribution in [2.75, 3.05) is 10.7 Å². The van der Waals surface area contributed by atoms with Crippen LogP contribution in [0.2, 0.25) is 5.02 Å². The molecule has 4 rings (SSSR count). The molecule has 0 spiro atoms. The first-order chi connectivity index (χ1) is 13.6. The van der Waals surface area contributed by atoms with E-state index in [1.54, 1.807) is 28.0 Å². The molecule has 1 atom stereocenters. The number of halogens is 1. The lowest BCUT2D eigenvalue weighted by Crippen LogP contribution is -2.34. The highest BCUT2D eigenvalue weighted by molar-refractivity contribution is 8.14. The summed E-state index contributed by atoms with van der Waals surface area (Å²) in [7, 11) is 0. The highest BCUT2D eigenvalue weighted by Crippen LogP contribution is 2.28. The number of para-hydroxylation sites is 1. The molecule has 28 heavy (non-hydrogen) atoms. The summed E-state index contributed by atoms with van der Waals surface area (Å²) in [6.07, 6.45) is 2.01. The van der Waals surface area contributed by atoms with Crippen LogP contribution in [0.15, 0.2) is 53.5 Å². The Labute approximate surface area is 177 Å². The smallest absolute Gasteiger partial charge is 0.233 e. The fourth-order valence-corrected chi connectivity index (χ4v) is 5.25. The molecule has 1 aliphatic heterocycles. The van der Waals surface area contributed by atoms with Crippen molar-refractivity contribution < 1.29 is 4.79 Å². The van der Waals surface area contributed by atoms with Gasteiger partial charge in [0.15, 0.2) is 5.17 Å². The number of hydrogen-bond acceptors (Lipinski definition) is 5. The second kappa shape index (κ2) is 8.64. The molecule has 2 aromatic carbocycles. The van der Waals surface area contributed by atoms with Crippen molar-refractivity contribution in [1.29, 1.82) is 0 Å². The number of rotatable bonds is 5. The van der Waals surface area contributed by atoms with Crippen LogP contribution in [-0.4, -0.2) is 27.9 Å². The van der Waals surface area contributed by atoms with E-state index in [1.807, 2.05) is 42.5 Å². The number of thioether (sulfide) groups is 1. The van der Waals surface area contributed by atoms with Crippen LogP contribution in [0.3, 0.4) is 0 Å². The van der Waals surface area contributed by atoms with Crippen molar-refractivity contribution in [2.24, 2.45) is 4.99 Å². The number of aliphatic imine (C=N–C) groups is 1. The Morgan fingerprint density at radius 1 is 1.21 bits per heavy atom. The summed E-state index contributed by atoms with van der Waals surface area (Å²) in [4.78, 5) is 24.1. The SMILES string of the molecule is C[C@H]1CSC(N(C(=O)CCCc2nc3ccccc3s2)c2ccc(Cl)cc2)=N1. The molecule has 0 unspecified atom stereocenters. The van der Waals surface area contributed by atoms with Crippen LogP contribution in [-0.2, 0) is 11.2 Å². The van der Waals surface area contributed by atoms with Crippen molar-refractivity contribution in [2.45, 2.75) is 32.2 Å². The minimum absolute atomic E-state index is 0.0591. The lowest BCUT2D eigenvalue weighted by Gasteiger charge is -2.22. The maximum atomic E-state index is 13.1. The fraction of sp³-hybridized carbons (Fsp3) is 0.286. The third-order valence-corrected chi connectivity index (χ3v) is 6.97. The first-order valence-corrected chi connectivity index (χ1v) is 11.4. The first-order valence-electron chi connectivity index (χ1n) is 9.24. The average Bonchev–Trinajstić information content (AvgIpc) is 3.29. The molecule has 0 N–H and O–H groups in total. The summed E-state index contributed by atoms with van der Waals surface area (Å²) in [5.41, 5.74) is 1.84. The van der Waals surface area contributed by atoms with Crippen LogP contribution in [0.25, 0.3) is 10.2 Å². The number of aryl methyl sites for hydroxylation is 1. The maximum Gasteiger partial charge on any atom is 0.233 e. The Morgan fingerprint density at radius 2 is 2.00 bits per heavy atom. The molecule has 0 aliphatic carbocycles. The maximum absolute atomic E-state index is 13.1. The minimum atomic E-state index is 0.0591. The van der Waals surface area contributed by atoms with Gasteiger partial charge in [-0.2, -0.15) is 0 Å². The summed E-state index contributed by atoms with van der Waals surface area (Å²) < 4.78 is 1.19. The monoisotopic (exact) mass is 429 g/mol. The van der Waals surface area contributed by atoms with Crippen molar-refractivity contribution in [3.05, 3.63) is 58.6 Å². The molecule has 1 aromatic heterocycles. The molecule has 2 heterocycles. The summed E-state index contributed by atoms with van der Waals surface area (Å²) in [5, 5.41) is 2.51. The number of carbonyl (C=O) groups excluding carboxylic acids is 1. The van der Waals surface area contributed by atoms with Gasteiger partial charge in [0.05, 0.1) is 27.0 Å². The topological polar surface area (TPSA) is 45.6 Å².